The Morgan fingerprint density at radius 2 is 2.15 bits per heavy atom. The van der Waals surface area contributed by atoms with E-state index in [4.69, 9.17) is 22.1 Å². The Balaban J connectivity index is 1.97. The molecule has 1 aromatic carbocycles. The largest absolute Gasteiger partial charge is 0.479 e. The number of piperidine rings is 1. The lowest BCUT2D eigenvalue weighted by molar-refractivity contribution is -0.139. The topological polar surface area (TPSA) is 55.6 Å². The predicted octanol–water partition coefficient (Wildman–Crippen LogP) is 2.20. The van der Waals surface area contributed by atoms with Gasteiger partial charge in [-0.3, -0.25) is 4.79 Å². The van der Waals surface area contributed by atoms with Crippen molar-refractivity contribution in [2.75, 3.05) is 13.1 Å². The summed E-state index contributed by atoms with van der Waals surface area (Å²) in [4.78, 5) is 14.0. The molecule has 0 aromatic heterocycles. The fourth-order valence-electron chi connectivity index (χ4n) is 2.19. The molecule has 1 heterocycles. The first kappa shape index (κ1) is 15.1. The van der Waals surface area contributed by atoms with Crippen molar-refractivity contribution in [1.82, 2.24) is 4.90 Å². The molecule has 2 rings (SSSR count). The molecule has 1 fully saturated rings. The molecule has 0 spiro atoms. The summed E-state index contributed by atoms with van der Waals surface area (Å²) in [5, 5.41) is 0.158. The van der Waals surface area contributed by atoms with Gasteiger partial charge in [0.2, 0.25) is 0 Å². The average molecular weight is 301 g/mol. The van der Waals surface area contributed by atoms with Gasteiger partial charge in [-0.25, -0.2) is 4.39 Å². The highest BCUT2D eigenvalue weighted by molar-refractivity contribution is 6.32. The van der Waals surface area contributed by atoms with E-state index in [0.29, 0.717) is 18.8 Å². The molecule has 1 aliphatic heterocycles. The second kappa shape index (κ2) is 6.41. The lowest BCUT2D eigenvalue weighted by atomic mass is 10.1. The van der Waals surface area contributed by atoms with Crippen LogP contribution in [0.3, 0.4) is 0 Å². The zero-order valence-corrected chi connectivity index (χ0v) is 12.1. The van der Waals surface area contributed by atoms with Gasteiger partial charge in [-0.05, 0) is 38.0 Å². The monoisotopic (exact) mass is 300 g/mol. The Hall–Kier alpha value is -1.33. The van der Waals surface area contributed by atoms with Crippen LogP contribution in [0.25, 0.3) is 0 Å². The van der Waals surface area contributed by atoms with E-state index in [-0.39, 0.29) is 17.0 Å². The summed E-state index contributed by atoms with van der Waals surface area (Å²) in [6.07, 6.45) is 0.943. The van der Waals surface area contributed by atoms with E-state index in [0.717, 1.165) is 18.9 Å². The Labute approximate surface area is 122 Å². The Bertz CT molecular complexity index is 490. The van der Waals surface area contributed by atoms with Gasteiger partial charge in [0.25, 0.3) is 5.91 Å². The maximum Gasteiger partial charge on any atom is 0.263 e. The summed E-state index contributed by atoms with van der Waals surface area (Å²) in [6, 6.07) is 4.00. The fraction of sp³-hybridized carbons (Fsp3) is 0.500. The molecule has 0 bridgehead atoms. The molecule has 1 saturated heterocycles. The Morgan fingerprint density at radius 3 is 2.75 bits per heavy atom. The lowest BCUT2D eigenvalue weighted by Gasteiger charge is -2.32. The SMILES string of the molecule is CC(Oc1ccc(F)cc1Cl)C(=O)N1CCC(N)CC1. The van der Waals surface area contributed by atoms with Gasteiger partial charge in [-0.2, -0.15) is 0 Å². The summed E-state index contributed by atoms with van der Waals surface area (Å²) in [5.41, 5.74) is 5.81. The van der Waals surface area contributed by atoms with Crippen molar-refractivity contribution in [3.8, 4) is 5.75 Å². The molecule has 1 unspecified atom stereocenters. The second-order valence-electron chi connectivity index (χ2n) is 5.00. The minimum Gasteiger partial charge on any atom is -0.479 e. The van der Waals surface area contributed by atoms with E-state index in [1.807, 2.05) is 0 Å². The lowest BCUT2D eigenvalue weighted by Crippen LogP contribution is -2.47. The number of amides is 1. The number of hydrogen-bond acceptors (Lipinski definition) is 3. The van der Waals surface area contributed by atoms with Crippen LogP contribution < -0.4 is 10.5 Å². The van der Waals surface area contributed by atoms with Crippen LogP contribution in [0.2, 0.25) is 5.02 Å². The molecule has 0 radical (unpaired) electrons. The minimum atomic E-state index is -0.660. The zero-order chi connectivity index (χ0) is 14.7. The summed E-state index contributed by atoms with van der Waals surface area (Å²) in [7, 11) is 0. The molecule has 1 atom stereocenters. The first-order valence-electron chi connectivity index (χ1n) is 6.63. The summed E-state index contributed by atoms with van der Waals surface area (Å²) in [5.74, 6) is -0.230. The van der Waals surface area contributed by atoms with Crippen LogP contribution in [0.5, 0.6) is 5.75 Å². The molecule has 1 aromatic rings. The van der Waals surface area contributed by atoms with Crippen molar-refractivity contribution >= 4 is 17.5 Å². The smallest absolute Gasteiger partial charge is 0.263 e. The molecule has 0 saturated carbocycles. The molecule has 4 nitrogen and oxygen atoms in total. The molecular weight excluding hydrogens is 283 g/mol. The Morgan fingerprint density at radius 1 is 1.50 bits per heavy atom. The fourth-order valence-corrected chi connectivity index (χ4v) is 2.40. The summed E-state index contributed by atoms with van der Waals surface area (Å²) in [6.45, 7) is 2.95. The van der Waals surface area contributed by atoms with Crippen molar-refractivity contribution in [1.29, 1.82) is 0 Å². The van der Waals surface area contributed by atoms with Gasteiger partial charge in [0.05, 0.1) is 5.02 Å². The molecular formula is C14H18ClFN2O2. The molecule has 110 valence electrons. The molecule has 0 aliphatic carbocycles. The average Bonchev–Trinajstić information content (AvgIpc) is 2.42. The van der Waals surface area contributed by atoms with Gasteiger partial charge in [-0.15, -0.1) is 0 Å². The van der Waals surface area contributed by atoms with E-state index in [2.05, 4.69) is 0 Å². The molecule has 6 heteroatoms. The third-order valence-electron chi connectivity index (χ3n) is 3.40. The number of ether oxygens (including phenoxy) is 1. The normalized spacial score (nSPS) is 17.9. The van der Waals surface area contributed by atoms with Gasteiger partial charge in [-0.1, -0.05) is 11.6 Å². The van der Waals surface area contributed by atoms with Crippen LogP contribution >= 0.6 is 11.6 Å². The maximum absolute atomic E-state index is 12.9. The predicted molar refractivity (Wildman–Crippen MR) is 75.3 cm³/mol. The highest BCUT2D eigenvalue weighted by Gasteiger charge is 2.26. The number of rotatable bonds is 3. The van der Waals surface area contributed by atoms with E-state index < -0.39 is 11.9 Å². The van der Waals surface area contributed by atoms with E-state index in [1.165, 1.54) is 12.1 Å². The van der Waals surface area contributed by atoms with Crippen LogP contribution in [0.4, 0.5) is 4.39 Å². The van der Waals surface area contributed by atoms with Crippen molar-refractivity contribution in [3.63, 3.8) is 0 Å². The number of halogens is 2. The number of carbonyl (C=O) groups is 1. The maximum atomic E-state index is 12.9. The molecule has 1 aliphatic rings. The number of nitrogens with zero attached hydrogens (tertiary/aromatic N) is 1. The van der Waals surface area contributed by atoms with Crippen LogP contribution in [0.15, 0.2) is 18.2 Å². The number of benzene rings is 1. The highest BCUT2D eigenvalue weighted by atomic mass is 35.5. The third-order valence-corrected chi connectivity index (χ3v) is 3.69. The van der Waals surface area contributed by atoms with E-state index in [9.17, 15) is 9.18 Å². The van der Waals surface area contributed by atoms with Gasteiger partial charge in [0.1, 0.15) is 11.6 Å². The van der Waals surface area contributed by atoms with Crippen molar-refractivity contribution in [2.24, 2.45) is 5.73 Å². The van der Waals surface area contributed by atoms with Crippen LogP contribution in [-0.2, 0) is 4.79 Å². The summed E-state index contributed by atoms with van der Waals surface area (Å²) < 4.78 is 18.5. The first-order valence-corrected chi connectivity index (χ1v) is 7.01. The standard InChI is InChI=1S/C14H18ClFN2O2/c1-9(14(19)18-6-4-11(17)5-7-18)20-13-3-2-10(16)8-12(13)15/h2-3,8-9,11H,4-7,17H2,1H3. The number of likely N-dealkylation sites (tertiary alicyclic amines) is 1. The number of carbonyl (C=O) groups excluding carboxylic acids is 1. The first-order chi connectivity index (χ1) is 9.47. The highest BCUT2D eigenvalue weighted by Crippen LogP contribution is 2.26. The van der Waals surface area contributed by atoms with Gasteiger partial charge in [0.15, 0.2) is 6.10 Å². The van der Waals surface area contributed by atoms with Crippen LogP contribution in [-0.4, -0.2) is 36.0 Å². The van der Waals surface area contributed by atoms with Crippen LogP contribution in [0.1, 0.15) is 19.8 Å². The van der Waals surface area contributed by atoms with Gasteiger partial charge in [0, 0.05) is 19.1 Å². The van der Waals surface area contributed by atoms with E-state index >= 15 is 0 Å². The molecule has 2 N–H and O–H groups in total. The number of nitrogens with two attached hydrogens (primary N) is 1. The quantitative estimate of drug-likeness (QED) is 0.931. The number of hydrogen-bond donors (Lipinski definition) is 1. The van der Waals surface area contributed by atoms with Crippen molar-refractivity contribution in [3.05, 3.63) is 29.0 Å². The Kier molecular flexibility index (Phi) is 4.83. The summed E-state index contributed by atoms with van der Waals surface area (Å²) >= 11 is 5.88. The van der Waals surface area contributed by atoms with Gasteiger partial charge < -0.3 is 15.4 Å². The van der Waals surface area contributed by atoms with E-state index in [1.54, 1.807) is 11.8 Å². The zero-order valence-electron chi connectivity index (χ0n) is 11.3. The molecule has 20 heavy (non-hydrogen) atoms. The van der Waals surface area contributed by atoms with Crippen molar-refractivity contribution in [2.45, 2.75) is 31.9 Å². The second-order valence-corrected chi connectivity index (χ2v) is 5.40. The minimum absolute atomic E-state index is 0.0997. The third kappa shape index (κ3) is 3.61. The van der Waals surface area contributed by atoms with Crippen LogP contribution in [0, 0.1) is 5.82 Å². The van der Waals surface area contributed by atoms with Gasteiger partial charge >= 0.3 is 0 Å². The molecule has 1 amide bonds. The van der Waals surface area contributed by atoms with Crippen molar-refractivity contribution < 1.29 is 13.9 Å².